The molecule has 2 aromatic rings. The van der Waals surface area contributed by atoms with E-state index in [0.29, 0.717) is 24.3 Å². The normalized spacial score (nSPS) is 14.6. The van der Waals surface area contributed by atoms with E-state index in [1.807, 2.05) is 0 Å². The van der Waals surface area contributed by atoms with Crippen molar-refractivity contribution in [1.82, 2.24) is 10.2 Å². The van der Waals surface area contributed by atoms with Gasteiger partial charge in [-0.15, -0.1) is 0 Å². The fraction of sp³-hybridized carbons (Fsp3) is 0.435. The molecule has 0 radical (unpaired) electrons. The van der Waals surface area contributed by atoms with E-state index in [9.17, 15) is 13.2 Å². The van der Waals surface area contributed by atoms with Crippen molar-refractivity contribution >= 4 is 21.6 Å². The maximum Gasteiger partial charge on any atom is 0.251 e. The van der Waals surface area contributed by atoms with E-state index in [1.54, 1.807) is 38.1 Å². The number of nitrogens with zero attached hydrogens (tertiary/aromatic N) is 2. The van der Waals surface area contributed by atoms with E-state index < -0.39 is 10.0 Å². The van der Waals surface area contributed by atoms with Gasteiger partial charge in [-0.25, -0.2) is 8.42 Å². The summed E-state index contributed by atoms with van der Waals surface area (Å²) in [6.07, 6.45) is 2.58. The molecule has 0 saturated carbocycles. The average Bonchev–Trinajstić information content (AvgIpc) is 3.27. The van der Waals surface area contributed by atoms with E-state index in [2.05, 4.69) is 34.5 Å². The van der Waals surface area contributed by atoms with Crippen molar-refractivity contribution in [3.8, 4) is 0 Å². The Morgan fingerprint density at radius 1 is 0.967 bits per heavy atom. The molecule has 6 nitrogen and oxygen atoms in total. The first-order valence-corrected chi connectivity index (χ1v) is 12.2. The van der Waals surface area contributed by atoms with Gasteiger partial charge < -0.3 is 5.32 Å². The summed E-state index contributed by atoms with van der Waals surface area (Å²) in [6, 6.07) is 15.1. The summed E-state index contributed by atoms with van der Waals surface area (Å²) < 4.78 is 25.7. The molecule has 0 unspecified atom stereocenters. The quantitative estimate of drug-likeness (QED) is 0.663. The van der Waals surface area contributed by atoms with Crippen molar-refractivity contribution < 1.29 is 13.2 Å². The number of sulfonamides is 1. The first-order chi connectivity index (χ1) is 14.4. The molecule has 1 saturated heterocycles. The number of hydrogen-bond donors (Lipinski definition) is 1. The minimum atomic E-state index is -3.32. The monoisotopic (exact) mass is 429 g/mol. The van der Waals surface area contributed by atoms with Gasteiger partial charge in [-0.3, -0.25) is 14.0 Å². The standard InChI is InChI=1S/C23H31N3O3S/c1-3-26(30(28,29)4-2)22-13-11-21(12-14-22)23(27)24-17-19-7-9-20(10-8-19)18-25-15-5-6-16-25/h7-14H,3-6,15-18H2,1-2H3,(H,24,27). The molecule has 0 aliphatic carbocycles. The lowest BCUT2D eigenvalue weighted by molar-refractivity contribution is 0.0951. The van der Waals surface area contributed by atoms with Crippen LogP contribution in [0.15, 0.2) is 48.5 Å². The van der Waals surface area contributed by atoms with Gasteiger partial charge in [-0.1, -0.05) is 24.3 Å². The van der Waals surface area contributed by atoms with Crippen molar-refractivity contribution in [3.05, 3.63) is 65.2 Å². The lowest BCUT2D eigenvalue weighted by Gasteiger charge is -2.22. The molecular formula is C23H31N3O3S. The fourth-order valence-electron chi connectivity index (χ4n) is 3.72. The Kier molecular flexibility index (Phi) is 7.50. The highest BCUT2D eigenvalue weighted by Crippen LogP contribution is 2.19. The van der Waals surface area contributed by atoms with Gasteiger partial charge in [0, 0.05) is 25.2 Å². The van der Waals surface area contributed by atoms with Crippen LogP contribution >= 0.6 is 0 Å². The van der Waals surface area contributed by atoms with Crippen LogP contribution in [0.2, 0.25) is 0 Å². The molecule has 162 valence electrons. The maximum absolute atomic E-state index is 12.5. The zero-order valence-electron chi connectivity index (χ0n) is 17.8. The van der Waals surface area contributed by atoms with Crippen molar-refractivity contribution in [3.63, 3.8) is 0 Å². The second-order valence-electron chi connectivity index (χ2n) is 7.59. The topological polar surface area (TPSA) is 69.7 Å². The molecule has 3 rings (SSSR count). The minimum Gasteiger partial charge on any atom is -0.348 e. The Morgan fingerprint density at radius 2 is 1.57 bits per heavy atom. The number of likely N-dealkylation sites (tertiary alicyclic amines) is 1. The van der Waals surface area contributed by atoms with E-state index >= 15 is 0 Å². The summed E-state index contributed by atoms with van der Waals surface area (Å²) in [7, 11) is -3.32. The molecule has 2 aromatic carbocycles. The van der Waals surface area contributed by atoms with Gasteiger partial charge in [-0.05, 0) is 75.2 Å². The summed E-state index contributed by atoms with van der Waals surface area (Å²) in [5.74, 6) is -0.135. The summed E-state index contributed by atoms with van der Waals surface area (Å²) in [6.45, 7) is 7.57. The molecular weight excluding hydrogens is 398 g/mol. The maximum atomic E-state index is 12.5. The zero-order valence-corrected chi connectivity index (χ0v) is 18.6. The Bertz CT molecular complexity index is 935. The van der Waals surface area contributed by atoms with Gasteiger partial charge in [0.25, 0.3) is 5.91 Å². The Morgan fingerprint density at radius 3 is 2.13 bits per heavy atom. The van der Waals surface area contributed by atoms with Crippen LogP contribution in [0.1, 0.15) is 48.2 Å². The van der Waals surface area contributed by atoms with Crippen LogP contribution in [0.3, 0.4) is 0 Å². The molecule has 1 N–H and O–H groups in total. The van der Waals surface area contributed by atoms with Gasteiger partial charge in [-0.2, -0.15) is 0 Å². The molecule has 1 heterocycles. The van der Waals surface area contributed by atoms with Crippen LogP contribution in [-0.2, 0) is 23.1 Å². The van der Waals surface area contributed by atoms with E-state index in [1.165, 1.54) is 35.8 Å². The minimum absolute atomic E-state index is 0.0416. The predicted octanol–water partition coefficient (Wildman–Crippen LogP) is 3.39. The average molecular weight is 430 g/mol. The van der Waals surface area contributed by atoms with Crippen LogP contribution in [0.4, 0.5) is 5.69 Å². The number of anilines is 1. The summed E-state index contributed by atoms with van der Waals surface area (Å²) in [5.41, 5.74) is 3.43. The van der Waals surface area contributed by atoms with Crippen LogP contribution in [0.5, 0.6) is 0 Å². The van der Waals surface area contributed by atoms with E-state index in [-0.39, 0.29) is 11.7 Å². The van der Waals surface area contributed by atoms with Crippen molar-refractivity contribution in [2.24, 2.45) is 0 Å². The van der Waals surface area contributed by atoms with E-state index in [0.717, 1.165) is 12.1 Å². The third kappa shape index (κ3) is 5.61. The van der Waals surface area contributed by atoms with Gasteiger partial charge in [0.05, 0.1) is 11.4 Å². The molecule has 7 heteroatoms. The Labute approximate surface area is 179 Å². The molecule has 0 aromatic heterocycles. The first-order valence-electron chi connectivity index (χ1n) is 10.6. The molecule has 1 amide bonds. The third-order valence-corrected chi connectivity index (χ3v) is 7.36. The van der Waals surface area contributed by atoms with Crippen molar-refractivity contribution in [1.29, 1.82) is 0 Å². The van der Waals surface area contributed by atoms with Crippen LogP contribution in [0.25, 0.3) is 0 Å². The predicted molar refractivity (Wildman–Crippen MR) is 121 cm³/mol. The highest BCUT2D eigenvalue weighted by atomic mass is 32.2. The fourth-order valence-corrected chi connectivity index (χ4v) is 4.87. The highest BCUT2D eigenvalue weighted by molar-refractivity contribution is 7.92. The van der Waals surface area contributed by atoms with Gasteiger partial charge in [0.2, 0.25) is 10.0 Å². The van der Waals surface area contributed by atoms with Crippen LogP contribution < -0.4 is 9.62 Å². The summed E-state index contributed by atoms with van der Waals surface area (Å²) >= 11 is 0. The number of nitrogens with one attached hydrogen (secondary N) is 1. The van der Waals surface area contributed by atoms with E-state index in [4.69, 9.17) is 0 Å². The Balaban J connectivity index is 1.55. The largest absolute Gasteiger partial charge is 0.348 e. The second-order valence-corrected chi connectivity index (χ2v) is 9.78. The number of carbonyl (C=O) groups excluding carboxylic acids is 1. The summed E-state index contributed by atoms with van der Waals surface area (Å²) in [5, 5.41) is 2.93. The number of benzene rings is 2. The Hall–Kier alpha value is -2.38. The molecule has 1 aliphatic heterocycles. The van der Waals surface area contributed by atoms with Crippen LogP contribution in [-0.4, -0.2) is 44.6 Å². The van der Waals surface area contributed by atoms with Crippen molar-refractivity contribution in [2.45, 2.75) is 39.8 Å². The smallest absolute Gasteiger partial charge is 0.251 e. The molecule has 0 bridgehead atoms. The lowest BCUT2D eigenvalue weighted by atomic mass is 10.1. The number of rotatable bonds is 9. The number of carbonyl (C=O) groups is 1. The zero-order chi connectivity index (χ0) is 21.6. The molecule has 0 atom stereocenters. The second kappa shape index (κ2) is 10.1. The van der Waals surface area contributed by atoms with Crippen LogP contribution in [0, 0.1) is 0 Å². The molecule has 1 aliphatic rings. The van der Waals surface area contributed by atoms with Gasteiger partial charge in [0.1, 0.15) is 0 Å². The summed E-state index contributed by atoms with van der Waals surface area (Å²) in [4.78, 5) is 14.9. The van der Waals surface area contributed by atoms with Crippen molar-refractivity contribution in [2.75, 3.05) is 29.7 Å². The third-order valence-electron chi connectivity index (χ3n) is 5.49. The SMILES string of the molecule is CCN(c1ccc(C(=O)NCc2ccc(CN3CCCC3)cc2)cc1)S(=O)(=O)CC. The first kappa shape index (κ1) is 22.3. The highest BCUT2D eigenvalue weighted by Gasteiger charge is 2.19. The van der Waals surface area contributed by atoms with Gasteiger partial charge in [0.15, 0.2) is 0 Å². The number of amides is 1. The molecule has 30 heavy (non-hydrogen) atoms. The molecule has 1 fully saturated rings. The molecule has 0 spiro atoms. The number of hydrogen-bond acceptors (Lipinski definition) is 4. The lowest BCUT2D eigenvalue weighted by Crippen LogP contribution is -2.32. The van der Waals surface area contributed by atoms with Gasteiger partial charge >= 0.3 is 0 Å².